The van der Waals surface area contributed by atoms with Gasteiger partial charge in [-0.3, -0.25) is 0 Å². The zero-order valence-corrected chi connectivity index (χ0v) is 8.26. The Morgan fingerprint density at radius 2 is 2.31 bits per heavy atom. The molecule has 13 heavy (non-hydrogen) atoms. The largest absolute Gasteiger partial charge is 0.492 e. The molecule has 0 bridgehead atoms. The van der Waals surface area contributed by atoms with E-state index in [0.717, 1.165) is 0 Å². The van der Waals surface area contributed by atoms with Crippen molar-refractivity contribution in [2.75, 3.05) is 12.8 Å². The van der Waals surface area contributed by atoms with E-state index in [4.69, 9.17) is 10.5 Å². The lowest BCUT2D eigenvalue weighted by Gasteiger charge is -2.07. The lowest BCUT2D eigenvalue weighted by molar-refractivity contribution is 0.385. The molecule has 1 aromatic carbocycles. The number of ether oxygens (including phenoxy) is 1. The van der Waals surface area contributed by atoms with Crippen LogP contribution in [0.25, 0.3) is 0 Å². The molecule has 1 aromatic rings. The summed E-state index contributed by atoms with van der Waals surface area (Å²) in [5, 5.41) is 2.57. The fourth-order valence-corrected chi connectivity index (χ4v) is 1.42. The van der Waals surface area contributed by atoms with Crippen LogP contribution >= 0.6 is 15.9 Å². The summed E-state index contributed by atoms with van der Waals surface area (Å²) in [6.07, 6.45) is 0. The minimum absolute atomic E-state index is 0.0371. The van der Waals surface area contributed by atoms with E-state index in [1.54, 1.807) is 0 Å². The van der Waals surface area contributed by atoms with Gasteiger partial charge in [-0.2, -0.15) is 0 Å². The van der Waals surface area contributed by atoms with Crippen LogP contribution in [0.4, 0.5) is 15.8 Å². The third kappa shape index (κ3) is 1.62. The molecule has 0 aliphatic carbocycles. The molecule has 0 amide bonds. The van der Waals surface area contributed by atoms with Crippen molar-refractivity contribution in [3.05, 3.63) is 21.3 Å². The highest BCUT2D eigenvalue weighted by atomic mass is 79.9. The Morgan fingerprint density at radius 1 is 1.69 bits per heavy atom. The Bertz CT molecular complexity index is 357. The van der Waals surface area contributed by atoms with E-state index in [1.807, 2.05) is 0 Å². The lowest BCUT2D eigenvalue weighted by Crippen LogP contribution is -1.96. The highest BCUT2D eigenvalue weighted by Gasteiger charge is 2.15. The fraction of sp³-hybridized carbons (Fsp3) is 0.143. The van der Waals surface area contributed by atoms with E-state index in [0.29, 0.717) is 4.47 Å². The summed E-state index contributed by atoms with van der Waals surface area (Å²) in [5.41, 5.74) is 4.81. The van der Waals surface area contributed by atoms with E-state index in [1.165, 1.54) is 13.2 Å². The third-order valence-corrected chi connectivity index (χ3v) is 2.08. The van der Waals surface area contributed by atoms with Gasteiger partial charge in [-0.05, 0) is 27.2 Å². The second-order valence-electron chi connectivity index (χ2n) is 2.23. The molecule has 0 aliphatic rings. The number of nitroso groups, excluding NO2 is 1. The molecule has 0 heterocycles. The molecule has 0 aromatic heterocycles. The molecule has 0 atom stereocenters. The number of nitrogens with two attached hydrogens (primary N) is 1. The van der Waals surface area contributed by atoms with Crippen LogP contribution in [-0.2, 0) is 0 Å². The average molecular weight is 249 g/mol. The van der Waals surface area contributed by atoms with Crippen LogP contribution in [0.3, 0.4) is 0 Å². The first-order valence-electron chi connectivity index (χ1n) is 3.26. The van der Waals surface area contributed by atoms with Gasteiger partial charge in [0.25, 0.3) is 0 Å². The van der Waals surface area contributed by atoms with Crippen LogP contribution in [0.5, 0.6) is 5.75 Å². The topological polar surface area (TPSA) is 64.7 Å². The maximum absolute atomic E-state index is 13.2. The lowest BCUT2D eigenvalue weighted by atomic mass is 10.2. The molecule has 0 aliphatic heterocycles. The number of methoxy groups -OCH3 is 1. The quantitative estimate of drug-likeness (QED) is 0.647. The monoisotopic (exact) mass is 248 g/mol. The maximum atomic E-state index is 13.2. The van der Waals surface area contributed by atoms with E-state index in [-0.39, 0.29) is 17.1 Å². The molecular weight excluding hydrogens is 243 g/mol. The van der Waals surface area contributed by atoms with Gasteiger partial charge in [-0.15, -0.1) is 4.91 Å². The molecule has 6 heteroatoms. The van der Waals surface area contributed by atoms with Crippen molar-refractivity contribution in [2.45, 2.75) is 0 Å². The molecule has 0 radical (unpaired) electrons. The van der Waals surface area contributed by atoms with E-state index >= 15 is 0 Å². The van der Waals surface area contributed by atoms with Gasteiger partial charge in [-0.1, -0.05) is 0 Å². The van der Waals surface area contributed by atoms with Gasteiger partial charge >= 0.3 is 0 Å². The van der Waals surface area contributed by atoms with Crippen LogP contribution in [-0.4, -0.2) is 7.11 Å². The number of anilines is 1. The molecule has 0 saturated carbocycles. The van der Waals surface area contributed by atoms with Crippen LogP contribution in [0, 0.1) is 10.7 Å². The summed E-state index contributed by atoms with van der Waals surface area (Å²) in [7, 11) is 1.30. The van der Waals surface area contributed by atoms with E-state index in [2.05, 4.69) is 21.1 Å². The summed E-state index contributed by atoms with van der Waals surface area (Å²) in [6.45, 7) is 0. The van der Waals surface area contributed by atoms with E-state index < -0.39 is 5.82 Å². The van der Waals surface area contributed by atoms with Gasteiger partial charge in [0.1, 0.15) is 11.4 Å². The zero-order valence-electron chi connectivity index (χ0n) is 6.67. The standard InChI is InChI=1S/C7H6BrFN2O2/c1-13-7-3(8)2-4(11-12)6(10)5(7)9/h2H,10H2,1H3. The highest BCUT2D eigenvalue weighted by Crippen LogP contribution is 2.37. The van der Waals surface area contributed by atoms with Crippen LogP contribution in [0.2, 0.25) is 0 Å². The van der Waals surface area contributed by atoms with Gasteiger partial charge in [0.2, 0.25) is 0 Å². The number of hydrogen-bond donors (Lipinski definition) is 1. The third-order valence-electron chi connectivity index (χ3n) is 1.49. The Balaban J connectivity index is 3.45. The van der Waals surface area contributed by atoms with Crippen molar-refractivity contribution in [3.8, 4) is 5.75 Å². The van der Waals surface area contributed by atoms with Crippen molar-refractivity contribution in [1.29, 1.82) is 0 Å². The maximum Gasteiger partial charge on any atom is 0.191 e. The number of halogens is 2. The summed E-state index contributed by atoms with van der Waals surface area (Å²) in [6, 6.07) is 1.30. The molecule has 0 unspecified atom stereocenters. The van der Waals surface area contributed by atoms with Gasteiger partial charge in [0, 0.05) is 0 Å². The number of hydrogen-bond acceptors (Lipinski definition) is 4. The van der Waals surface area contributed by atoms with Gasteiger partial charge in [0.05, 0.1) is 11.6 Å². The zero-order chi connectivity index (χ0) is 10.0. The normalized spacial score (nSPS) is 9.77. The second kappa shape index (κ2) is 3.69. The Labute approximate surface area is 82.0 Å². The molecule has 4 nitrogen and oxygen atoms in total. The Morgan fingerprint density at radius 3 is 2.77 bits per heavy atom. The van der Waals surface area contributed by atoms with Crippen LogP contribution in [0.15, 0.2) is 15.7 Å². The summed E-state index contributed by atoms with van der Waals surface area (Å²) in [5.74, 6) is -0.823. The summed E-state index contributed by atoms with van der Waals surface area (Å²) < 4.78 is 18.2. The SMILES string of the molecule is COc1c(Br)cc(N=O)c(N)c1F. The Hall–Kier alpha value is -1.17. The minimum atomic E-state index is -0.786. The molecule has 0 fully saturated rings. The molecule has 1 rings (SSSR count). The van der Waals surface area contributed by atoms with Crippen molar-refractivity contribution < 1.29 is 9.13 Å². The number of nitrogen functional groups attached to an aromatic ring is 1. The summed E-state index contributed by atoms with van der Waals surface area (Å²) >= 11 is 3.01. The number of nitrogens with zero attached hydrogens (tertiary/aromatic N) is 1. The number of benzene rings is 1. The average Bonchev–Trinajstić information content (AvgIpc) is 2.12. The first-order chi connectivity index (χ1) is 6.11. The predicted octanol–water partition coefficient (Wildman–Crippen LogP) is 2.58. The molecular formula is C7H6BrFN2O2. The molecule has 0 saturated heterocycles. The van der Waals surface area contributed by atoms with Crippen LogP contribution in [0.1, 0.15) is 0 Å². The highest BCUT2D eigenvalue weighted by molar-refractivity contribution is 9.10. The minimum Gasteiger partial charge on any atom is -0.492 e. The van der Waals surface area contributed by atoms with Crippen molar-refractivity contribution in [1.82, 2.24) is 0 Å². The molecule has 70 valence electrons. The van der Waals surface area contributed by atoms with Crippen LogP contribution < -0.4 is 10.5 Å². The molecule has 2 N–H and O–H groups in total. The predicted molar refractivity (Wildman–Crippen MR) is 50.5 cm³/mol. The van der Waals surface area contributed by atoms with E-state index in [9.17, 15) is 9.30 Å². The smallest absolute Gasteiger partial charge is 0.191 e. The first-order valence-corrected chi connectivity index (χ1v) is 4.06. The van der Waals surface area contributed by atoms with Crippen molar-refractivity contribution >= 4 is 27.3 Å². The van der Waals surface area contributed by atoms with Crippen molar-refractivity contribution in [3.63, 3.8) is 0 Å². The Kier molecular flexibility index (Phi) is 2.82. The van der Waals surface area contributed by atoms with Gasteiger partial charge in [-0.25, -0.2) is 4.39 Å². The fourth-order valence-electron chi connectivity index (χ4n) is 0.866. The molecule has 0 spiro atoms. The summed E-state index contributed by atoms with van der Waals surface area (Å²) in [4.78, 5) is 10.2. The number of rotatable bonds is 2. The van der Waals surface area contributed by atoms with Gasteiger partial charge < -0.3 is 10.5 Å². The first kappa shape index (κ1) is 9.91. The second-order valence-corrected chi connectivity index (χ2v) is 3.08. The van der Waals surface area contributed by atoms with Gasteiger partial charge in [0.15, 0.2) is 11.6 Å². The van der Waals surface area contributed by atoms with Crippen molar-refractivity contribution in [2.24, 2.45) is 5.18 Å².